The van der Waals surface area contributed by atoms with Crippen molar-refractivity contribution in [3.63, 3.8) is 0 Å². The molecule has 1 aliphatic heterocycles. The first-order chi connectivity index (χ1) is 13.8. The third kappa shape index (κ3) is 5.21. The highest BCUT2D eigenvalue weighted by Crippen LogP contribution is 2.20. The Kier molecular flexibility index (Phi) is 6.64. The topological polar surface area (TPSA) is 72.9 Å². The lowest BCUT2D eigenvalue weighted by atomic mass is 10.0. The van der Waals surface area contributed by atoms with E-state index >= 15 is 0 Å². The van der Waals surface area contributed by atoms with Crippen LogP contribution in [-0.2, 0) is 4.79 Å². The Hall–Kier alpha value is -2.73. The molecule has 0 aliphatic carbocycles. The Morgan fingerprint density at radius 1 is 0.966 bits per heavy atom. The summed E-state index contributed by atoms with van der Waals surface area (Å²) in [6.07, 6.45) is 0. The fourth-order valence-electron chi connectivity index (χ4n) is 3.38. The second-order valence-corrected chi connectivity index (χ2v) is 7.97. The number of amides is 2. The van der Waals surface area contributed by atoms with Crippen molar-refractivity contribution in [3.8, 4) is 5.75 Å². The van der Waals surface area contributed by atoms with Gasteiger partial charge in [0.15, 0.2) is 0 Å². The molecule has 2 N–H and O–H groups in total. The summed E-state index contributed by atoms with van der Waals surface area (Å²) in [5.74, 6) is -0.142. The normalized spacial score (nSPS) is 15.3. The van der Waals surface area contributed by atoms with E-state index in [1.165, 1.54) is 0 Å². The van der Waals surface area contributed by atoms with Crippen molar-refractivity contribution in [2.45, 2.75) is 19.9 Å². The summed E-state index contributed by atoms with van der Waals surface area (Å²) in [5.41, 5.74) is 1.50. The highest BCUT2D eigenvalue weighted by molar-refractivity contribution is 6.30. The number of nitrogens with one attached hydrogen (secondary N) is 1. The van der Waals surface area contributed by atoms with Crippen LogP contribution >= 0.6 is 11.6 Å². The number of carbonyl (C=O) groups is 2. The third-order valence-electron chi connectivity index (χ3n) is 5.13. The van der Waals surface area contributed by atoms with E-state index in [0.29, 0.717) is 36.8 Å². The maximum absolute atomic E-state index is 13.1. The van der Waals surface area contributed by atoms with Crippen LogP contribution in [0, 0.1) is 5.92 Å². The second-order valence-electron chi connectivity index (χ2n) is 7.53. The molecule has 6 nitrogen and oxygen atoms in total. The van der Waals surface area contributed by atoms with E-state index in [1.54, 1.807) is 36.4 Å². The van der Waals surface area contributed by atoms with Crippen molar-refractivity contribution >= 4 is 29.1 Å². The number of phenols is 1. The van der Waals surface area contributed by atoms with Crippen LogP contribution in [-0.4, -0.2) is 54.0 Å². The van der Waals surface area contributed by atoms with E-state index in [0.717, 1.165) is 5.69 Å². The predicted octanol–water partition coefficient (Wildman–Crippen LogP) is 3.15. The lowest BCUT2D eigenvalue weighted by Crippen LogP contribution is -2.56. The van der Waals surface area contributed by atoms with Crippen molar-refractivity contribution < 1.29 is 14.7 Å². The molecule has 0 bridgehead atoms. The van der Waals surface area contributed by atoms with Crippen LogP contribution in [0.15, 0.2) is 48.5 Å². The highest BCUT2D eigenvalue weighted by atomic mass is 35.5. The standard InChI is InChI=1S/C22H26ClN3O3/c1-15(2)20(24-21(28)16-3-5-17(23)6-4-16)22(29)26-13-11-25(12-14-26)18-7-9-19(27)10-8-18/h3-10,15,20,27H,11-14H2,1-2H3,(H,24,28). The minimum Gasteiger partial charge on any atom is -0.508 e. The Labute approximate surface area is 176 Å². The number of rotatable bonds is 5. The molecule has 1 saturated heterocycles. The zero-order valence-corrected chi connectivity index (χ0v) is 17.4. The molecule has 154 valence electrons. The molecular weight excluding hydrogens is 390 g/mol. The molecule has 1 aliphatic rings. The first-order valence-electron chi connectivity index (χ1n) is 9.74. The molecule has 2 aromatic rings. The van der Waals surface area contributed by atoms with Crippen LogP contribution < -0.4 is 10.2 Å². The van der Waals surface area contributed by atoms with Gasteiger partial charge in [0.2, 0.25) is 5.91 Å². The van der Waals surface area contributed by atoms with Crippen LogP contribution in [0.4, 0.5) is 5.69 Å². The van der Waals surface area contributed by atoms with Crippen molar-refractivity contribution in [1.29, 1.82) is 0 Å². The number of nitrogens with zero attached hydrogens (tertiary/aromatic N) is 2. The van der Waals surface area contributed by atoms with E-state index in [-0.39, 0.29) is 23.5 Å². The molecule has 2 aromatic carbocycles. The van der Waals surface area contributed by atoms with Crippen LogP contribution in [0.1, 0.15) is 24.2 Å². The minimum atomic E-state index is -0.585. The average molecular weight is 416 g/mol. The fourth-order valence-corrected chi connectivity index (χ4v) is 3.51. The summed E-state index contributed by atoms with van der Waals surface area (Å²) in [7, 11) is 0. The lowest BCUT2D eigenvalue weighted by molar-refractivity contribution is -0.134. The van der Waals surface area contributed by atoms with Gasteiger partial charge in [0.05, 0.1) is 0 Å². The molecule has 1 heterocycles. The van der Waals surface area contributed by atoms with Gasteiger partial charge < -0.3 is 20.2 Å². The highest BCUT2D eigenvalue weighted by Gasteiger charge is 2.31. The van der Waals surface area contributed by atoms with Crippen LogP contribution in [0.25, 0.3) is 0 Å². The maximum Gasteiger partial charge on any atom is 0.251 e. The fraction of sp³-hybridized carbons (Fsp3) is 0.364. The quantitative estimate of drug-likeness (QED) is 0.786. The summed E-state index contributed by atoms with van der Waals surface area (Å²) in [6.45, 7) is 6.42. The number of carbonyl (C=O) groups excluding carboxylic acids is 2. The molecule has 2 amide bonds. The molecule has 1 fully saturated rings. The van der Waals surface area contributed by atoms with Crippen molar-refractivity contribution in [2.24, 2.45) is 5.92 Å². The van der Waals surface area contributed by atoms with Gasteiger partial charge in [0, 0.05) is 42.5 Å². The number of phenolic OH excluding ortho intramolecular Hbond substituents is 1. The number of aromatic hydroxyl groups is 1. The monoisotopic (exact) mass is 415 g/mol. The minimum absolute atomic E-state index is 0.0334. The van der Waals surface area contributed by atoms with Gasteiger partial charge >= 0.3 is 0 Å². The van der Waals surface area contributed by atoms with Gasteiger partial charge in [-0.15, -0.1) is 0 Å². The van der Waals surface area contributed by atoms with Crippen molar-refractivity contribution in [3.05, 3.63) is 59.1 Å². The molecular formula is C22H26ClN3O3. The van der Waals surface area contributed by atoms with Crippen molar-refractivity contribution in [2.75, 3.05) is 31.1 Å². The Balaban J connectivity index is 1.61. The lowest BCUT2D eigenvalue weighted by Gasteiger charge is -2.38. The summed E-state index contributed by atoms with van der Waals surface area (Å²) in [5, 5.41) is 12.9. The molecule has 0 aromatic heterocycles. The number of hydrogen-bond acceptors (Lipinski definition) is 4. The number of benzene rings is 2. The van der Waals surface area contributed by atoms with Gasteiger partial charge in [-0.1, -0.05) is 25.4 Å². The van der Waals surface area contributed by atoms with Crippen molar-refractivity contribution in [1.82, 2.24) is 10.2 Å². The molecule has 3 rings (SSSR count). The molecule has 0 saturated carbocycles. The SMILES string of the molecule is CC(C)C(NC(=O)c1ccc(Cl)cc1)C(=O)N1CCN(c2ccc(O)cc2)CC1. The molecule has 7 heteroatoms. The number of piperazine rings is 1. The Bertz CT molecular complexity index is 845. The van der Waals surface area contributed by atoms with Crippen LogP contribution in [0.3, 0.4) is 0 Å². The van der Waals surface area contributed by atoms with Gasteiger partial charge in [0.1, 0.15) is 11.8 Å². The first kappa shape index (κ1) is 21.0. The van der Waals surface area contributed by atoms with Gasteiger partial charge in [-0.25, -0.2) is 0 Å². The smallest absolute Gasteiger partial charge is 0.251 e. The molecule has 0 radical (unpaired) electrons. The van der Waals surface area contributed by atoms with Gasteiger partial charge in [-0.3, -0.25) is 9.59 Å². The van der Waals surface area contributed by atoms with E-state index in [1.807, 2.05) is 30.9 Å². The van der Waals surface area contributed by atoms with Crippen LogP contribution in [0.2, 0.25) is 5.02 Å². The number of halogens is 1. The van der Waals surface area contributed by atoms with Crippen LogP contribution in [0.5, 0.6) is 5.75 Å². The number of anilines is 1. The zero-order chi connectivity index (χ0) is 21.0. The van der Waals surface area contributed by atoms with E-state index in [9.17, 15) is 14.7 Å². The summed E-state index contributed by atoms with van der Waals surface area (Å²) in [6, 6.07) is 13.1. The first-order valence-corrected chi connectivity index (χ1v) is 10.1. The van der Waals surface area contributed by atoms with E-state index in [4.69, 9.17) is 11.6 Å². The average Bonchev–Trinajstić information content (AvgIpc) is 2.72. The third-order valence-corrected chi connectivity index (χ3v) is 5.38. The summed E-state index contributed by atoms with van der Waals surface area (Å²) >= 11 is 5.88. The van der Waals surface area contributed by atoms with E-state index < -0.39 is 6.04 Å². The Morgan fingerprint density at radius 2 is 1.55 bits per heavy atom. The second kappa shape index (κ2) is 9.18. The summed E-state index contributed by atoms with van der Waals surface area (Å²) in [4.78, 5) is 29.6. The zero-order valence-electron chi connectivity index (χ0n) is 16.6. The number of hydrogen-bond donors (Lipinski definition) is 2. The maximum atomic E-state index is 13.1. The van der Waals surface area contributed by atoms with Gasteiger partial charge in [-0.05, 0) is 54.4 Å². The molecule has 1 atom stereocenters. The van der Waals surface area contributed by atoms with E-state index in [2.05, 4.69) is 10.2 Å². The van der Waals surface area contributed by atoms with Gasteiger partial charge in [0.25, 0.3) is 5.91 Å². The predicted molar refractivity (Wildman–Crippen MR) is 114 cm³/mol. The largest absolute Gasteiger partial charge is 0.508 e. The molecule has 1 unspecified atom stereocenters. The molecule has 0 spiro atoms. The molecule has 29 heavy (non-hydrogen) atoms. The summed E-state index contributed by atoms with van der Waals surface area (Å²) < 4.78 is 0. The Morgan fingerprint density at radius 3 is 2.10 bits per heavy atom. The van der Waals surface area contributed by atoms with Gasteiger partial charge in [-0.2, -0.15) is 0 Å².